The maximum Gasteiger partial charge on any atom is 0.168 e. The Kier molecular flexibility index (Phi) is 3.43. The van der Waals surface area contributed by atoms with Gasteiger partial charge in [0.25, 0.3) is 0 Å². The summed E-state index contributed by atoms with van der Waals surface area (Å²) in [5.41, 5.74) is 0.770. The van der Waals surface area contributed by atoms with Crippen molar-refractivity contribution in [3.8, 4) is 0 Å². The van der Waals surface area contributed by atoms with Crippen LogP contribution >= 0.6 is 0 Å². The van der Waals surface area contributed by atoms with E-state index in [0.29, 0.717) is 12.1 Å². The fourth-order valence-electron chi connectivity index (χ4n) is 3.84. The number of rotatable bonds is 2. The van der Waals surface area contributed by atoms with Crippen molar-refractivity contribution in [3.63, 3.8) is 0 Å². The second kappa shape index (κ2) is 5.45. The van der Waals surface area contributed by atoms with Gasteiger partial charge in [0.05, 0.1) is 13.2 Å². The molecular formula is C18H20N2O2. The molecule has 3 heterocycles. The lowest BCUT2D eigenvalue weighted by atomic mass is 9.80. The highest BCUT2D eigenvalue weighted by atomic mass is 16.5. The Hall–Kier alpha value is -1.78. The number of ketones is 1. The minimum atomic E-state index is 0.0858. The molecule has 2 aliphatic rings. The molecule has 2 unspecified atom stereocenters. The number of aromatic nitrogens is 1. The van der Waals surface area contributed by atoms with Gasteiger partial charge in [0.15, 0.2) is 5.78 Å². The molecule has 2 fully saturated rings. The molecule has 2 atom stereocenters. The smallest absolute Gasteiger partial charge is 0.168 e. The number of nitrogens with zero attached hydrogens (tertiary/aromatic N) is 2. The summed E-state index contributed by atoms with van der Waals surface area (Å²) < 4.78 is 5.65. The first-order valence-electron chi connectivity index (χ1n) is 7.90. The number of pyridine rings is 1. The first-order valence-corrected chi connectivity index (χ1v) is 7.90. The van der Waals surface area contributed by atoms with Crippen LogP contribution in [0.2, 0.25) is 0 Å². The third kappa shape index (κ3) is 2.23. The maximum atomic E-state index is 13.1. The van der Waals surface area contributed by atoms with Gasteiger partial charge in [0.1, 0.15) is 0 Å². The second-order valence-corrected chi connectivity index (χ2v) is 6.45. The van der Waals surface area contributed by atoms with Gasteiger partial charge in [-0.25, -0.2) is 0 Å². The molecule has 2 saturated heterocycles. The number of benzene rings is 1. The number of carbonyl (C=O) groups excluding carboxylic acids is 1. The molecule has 4 heteroatoms. The molecule has 0 radical (unpaired) electrons. The van der Waals surface area contributed by atoms with Crippen LogP contribution in [0, 0.1) is 5.92 Å². The lowest BCUT2D eigenvalue weighted by Gasteiger charge is -2.46. The molecule has 2 aliphatic heterocycles. The number of ether oxygens (including phenoxy) is 1. The van der Waals surface area contributed by atoms with Gasteiger partial charge in [-0.2, -0.15) is 0 Å². The summed E-state index contributed by atoms with van der Waals surface area (Å²) >= 11 is 0. The number of fused-ring (bicyclic) bond motifs is 3. The van der Waals surface area contributed by atoms with Gasteiger partial charge in [0, 0.05) is 41.3 Å². The van der Waals surface area contributed by atoms with E-state index in [0.717, 1.165) is 42.4 Å². The summed E-state index contributed by atoms with van der Waals surface area (Å²) in [5, 5.41) is 2.05. The number of hydrogen-bond donors (Lipinski definition) is 0. The number of piperidine rings is 1. The van der Waals surface area contributed by atoms with E-state index in [-0.39, 0.29) is 11.7 Å². The molecule has 4 nitrogen and oxygen atoms in total. The molecule has 2 aromatic rings. The molecule has 4 rings (SSSR count). The SMILES string of the molecule is CN1C2COCC1CC(C(=O)c1cncc3ccccc13)C2. The summed E-state index contributed by atoms with van der Waals surface area (Å²) in [6.07, 6.45) is 5.32. The van der Waals surface area contributed by atoms with Crippen LogP contribution in [0.5, 0.6) is 0 Å². The van der Waals surface area contributed by atoms with E-state index in [1.165, 1.54) is 0 Å². The number of likely N-dealkylation sites (N-methyl/N-ethyl adjacent to an activating group) is 1. The molecule has 0 N–H and O–H groups in total. The van der Waals surface area contributed by atoms with Crippen LogP contribution in [0.3, 0.4) is 0 Å². The van der Waals surface area contributed by atoms with Crippen molar-refractivity contribution in [1.82, 2.24) is 9.88 Å². The third-order valence-corrected chi connectivity index (χ3v) is 5.19. The third-order valence-electron chi connectivity index (χ3n) is 5.19. The van der Waals surface area contributed by atoms with Gasteiger partial charge in [-0.1, -0.05) is 24.3 Å². The zero-order chi connectivity index (χ0) is 15.1. The molecule has 0 saturated carbocycles. The van der Waals surface area contributed by atoms with Crippen LogP contribution in [-0.4, -0.2) is 48.0 Å². The van der Waals surface area contributed by atoms with Crippen LogP contribution in [0.15, 0.2) is 36.7 Å². The lowest BCUT2D eigenvalue weighted by Crippen LogP contribution is -2.55. The van der Waals surface area contributed by atoms with E-state index < -0.39 is 0 Å². The lowest BCUT2D eigenvalue weighted by molar-refractivity contribution is -0.0702. The normalized spacial score (nSPS) is 28.7. The van der Waals surface area contributed by atoms with Crippen molar-refractivity contribution < 1.29 is 9.53 Å². The Labute approximate surface area is 130 Å². The van der Waals surface area contributed by atoms with E-state index in [4.69, 9.17) is 4.74 Å². The van der Waals surface area contributed by atoms with E-state index >= 15 is 0 Å². The largest absolute Gasteiger partial charge is 0.378 e. The van der Waals surface area contributed by atoms with E-state index in [1.807, 2.05) is 30.5 Å². The molecule has 1 aromatic heterocycles. The highest BCUT2D eigenvalue weighted by Crippen LogP contribution is 2.33. The minimum absolute atomic E-state index is 0.0858. The fraction of sp³-hybridized carbons (Fsp3) is 0.444. The zero-order valence-corrected chi connectivity index (χ0v) is 12.7. The van der Waals surface area contributed by atoms with Crippen molar-refractivity contribution >= 4 is 16.6 Å². The second-order valence-electron chi connectivity index (χ2n) is 6.45. The highest BCUT2D eigenvalue weighted by molar-refractivity contribution is 6.08. The first-order chi connectivity index (χ1) is 10.7. The van der Waals surface area contributed by atoms with Crippen LogP contribution in [0.1, 0.15) is 23.2 Å². The molecule has 2 bridgehead atoms. The van der Waals surface area contributed by atoms with Crippen molar-refractivity contribution in [2.45, 2.75) is 24.9 Å². The van der Waals surface area contributed by atoms with Crippen LogP contribution in [0.25, 0.3) is 10.8 Å². The predicted octanol–water partition coefficient (Wildman–Crippen LogP) is 2.53. The van der Waals surface area contributed by atoms with Gasteiger partial charge in [0.2, 0.25) is 0 Å². The minimum Gasteiger partial charge on any atom is -0.378 e. The fourth-order valence-corrected chi connectivity index (χ4v) is 3.84. The summed E-state index contributed by atoms with van der Waals surface area (Å²) in [7, 11) is 2.15. The van der Waals surface area contributed by atoms with Gasteiger partial charge in [-0.05, 0) is 25.3 Å². The molecule has 0 aliphatic carbocycles. The standard InChI is InChI=1S/C18H20N2O2/c1-20-14-6-13(7-15(20)11-22-10-14)18(21)17-9-19-8-12-4-2-3-5-16(12)17/h2-5,8-9,13-15H,6-7,10-11H2,1H3. The molecule has 22 heavy (non-hydrogen) atoms. The van der Waals surface area contributed by atoms with Gasteiger partial charge < -0.3 is 4.74 Å². The van der Waals surface area contributed by atoms with E-state index in [1.54, 1.807) is 6.20 Å². The molecule has 1 aromatic carbocycles. The molecular weight excluding hydrogens is 276 g/mol. The molecule has 0 spiro atoms. The quantitative estimate of drug-likeness (QED) is 0.799. The van der Waals surface area contributed by atoms with Gasteiger partial charge in [-0.3, -0.25) is 14.7 Å². The molecule has 0 amide bonds. The van der Waals surface area contributed by atoms with E-state index in [2.05, 4.69) is 16.9 Å². The predicted molar refractivity (Wildman–Crippen MR) is 85.0 cm³/mol. The van der Waals surface area contributed by atoms with Gasteiger partial charge in [-0.15, -0.1) is 0 Å². The van der Waals surface area contributed by atoms with Crippen LogP contribution in [-0.2, 0) is 4.74 Å². The summed E-state index contributed by atoms with van der Waals surface area (Å²) in [5.74, 6) is 0.331. The molecule has 114 valence electrons. The van der Waals surface area contributed by atoms with Crippen molar-refractivity contribution in [1.29, 1.82) is 0 Å². The van der Waals surface area contributed by atoms with Gasteiger partial charge >= 0.3 is 0 Å². The summed E-state index contributed by atoms with van der Waals surface area (Å²) in [6, 6.07) is 8.72. The zero-order valence-electron chi connectivity index (χ0n) is 12.7. The Balaban J connectivity index is 1.66. The Bertz CT molecular complexity index is 696. The first kappa shape index (κ1) is 13.9. The van der Waals surface area contributed by atoms with Crippen molar-refractivity contribution in [2.75, 3.05) is 20.3 Å². The Morgan fingerprint density at radius 2 is 1.91 bits per heavy atom. The number of morpholine rings is 1. The van der Waals surface area contributed by atoms with Crippen LogP contribution in [0.4, 0.5) is 0 Å². The average Bonchev–Trinajstić information content (AvgIpc) is 2.53. The van der Waals surface area contributed by atoms with Crippen molar-refractivity contribution in [3.05, 3.63) is 42.2 Å². The number of carbonyl (C=O) groups is 1. The summed E-state index contributed by atoms with van der Waals surface area (Å²) in [6.45, 7) is 1.48. The topological polar surface area (TPSA) is 42.4 Å². The van der Waals surface area contributed by atoms with E-state index in [9.17, 15) is 4.79 Å². The number of Topliss-reactive ketones (excluding diaryl/α,β-unsaturated/α-hetero) is 1. The maximum absolute atomic E-state index is 13.1. The summed E-state index contributed by atoms with van der Waals surface area (Å²) in [4.78, 5) is 19.7. The van der Waals surface area contributed by atoms with Crippen molar-refractivity contribution in [2.24, 2.45) is 5.92 Å². The average molecular weight is 296 g/mol. The highest BCUT2D eigenvalue weighted by Gasteiger charge is 2.39. The Morgan fingerprint density at radius 3 is 2.68 bits per heavy atom. The Morgan fingerprint density at radius 1 is 1.18 bits per heavy atom. The monoisotopic (exact) mass is 296 g/mol. The van der Waals surface area contributed by atoms with Crippen LogP contribution < -0.4 is 0 Å². The number of hydrogen-bond acceptors (Lipinski definition) is 4.